The lowest BCUT2D eigenvalue weighted by Crippen LogP contribution is -2.07. The van der Waals surface area contributed by atoms with Crippen molar-refractivity contribution in [2.75, 3.05) is 5.73 Å². The van der Waals surface area contributed by atoms with Gasteiger partial charge in [0.25, 0.3) is 5.69 Å². The summed E-state index contributed by atoms with van der Waals surface area (Å²) in [5.74, 6) is -0.621. The fourth-order valence-electron chi connectivity index (χ4n) is 3.48. The number of hydrogen-bond donors (Lipinski definition) is 2. The number of carbonyl (C=O) groups is 1. The Morgan fingerprint density at radius 1 is 0.929 bits per heavy atom. The third-order valence-electron chi connectivity index (χ3n) is 5.18. The minimum absolute atomic E-state index is 0.117. The number of Topliss-reactive ketones (excluding diaryl/α,β-unsaturated/α-hetero) is 1. The van der Waals surface area contributed by atoms with Crippen LogP contribution in [-0.2, 0) is 0 Å². The van der Waals surface area contributed by atoms with Crippen LogP contribution in [0.5, 0.6) is 5.75 Å². The molecule has 0 radical (unpaired) electrons. The SMILES string of the molecule is CCCCCCCCCCCCCCCC(=O)c1c(O)ccc([N+](=O)[O-])c1N. The Labute approximate surface area is 168 Å². The van der Waals surface area contributed by atoms with Crippen molar-refractivity contribution in [2.45, 2.75) is 96.8 Å². The molecule has 0 unspecified atom stereocenters. The van der Waals surface area contributed by atoms with Gasteiger partial charge in [-0.2, -0.15) is 0 Å². The molecule has 0 saturated carbocycles. The molecule has 158 valence electrons. The van der Waals surface area contributed by atoms with Gasteiger partial charge >= 0.3 is 0 Å². The topological polar surface area (TPSA) is 106 Å². The van der Waals surface area contributed by atoms with E-state index in [1.165, 1.54) is 64.2 Å². The lowest BCUT2D eigenvalue weighted by atomic mass is 10.00. The number of rotatable bonds is 16. The highest BCUT2D eigenvalue weighted by molar-refractivity contribution is 6.04. The summed E-state index contributed by atoms with van der Waals surface area (Å²) >= 11 is 0. The molecule has 28 heavy (non-hydrogen) atoms. The van der Waals surface area contributed by atoms with Crippen molar-refractivity contribution in [1.82, 2.24) is 0 Å². The number of hydrogen-bond acceptors (Lipinski definition) is 5. The molecule has 0 aliphatic heterocycles. The zero-order valence-electron chi connectivity index (χ0n) is 17.3. The van der Waals surface area contributed by atoms with E-state index in [9.17, 15) is 20.0 Å². The van der Waals surface area contributed by atoms with Gasteiger partial charge in [0.1, 0.15) is 11.4 Å². The van der Waals surface area contributed by atoms with Crippen LogP contribution < -0.4 is 5.73 Å². The molecule has 6 heteroatoms. The number of benzene rings is 1. The number of nitrogens with two attached hydrogens (primary N) is 1. The van der Waals surface area contributed by atoms with Crippen LogP contribution in [0, 0.1) is 10.1 Å². The van der Waals surface area contributed by atoms with E-state index < -0.39 is 4.92 Å². The summed E-state index contributed by atoms with van der Waals surface area (Å²) in [6.07, 6.45) is 16.1. The lowest BCUT2D eigenvalue weighted by molar-refractivity contribution is -0.383. The maximum atomic E-state index is 12.3. The van der Waals surface area contributed by atoms with Gasteiger partial charge in [0.2, 0.25) is 0 Å². The minimum Gasteiger partial charge on any atom is -0.507 e. The molecule has 0 bridgehead atoms. The summed E-state index contributed by atoms with van der Waals surface area (Å²) < 4.78 is 0. The monoisotopic (exact) mass is 392 g/mol. The first-order valence-corrected chi connectivity index (χ1v) is 10.8. The van der Waals surface area contributed by atoms with Crippen LogP contribution in [0.4, 0.5) is 11.4 Å². The van der Waals surface area contributed by atoms with Crippen molar-refractivity contribution >= 4 is 17.2 Å². The molecule has 0 heterocycles. The van der Waals surface area contributed by atoms with Gasteiger partial charge in [-0.1, -0.05) is 84.0 Å². The van der Waals surface area contributed by atoms with Crippen LogP contribution in [0.25, 0.3) is 0 Å². The first-order valence-electron chi connectivity index (χ1n) is 10.8. The van der Waals surface area contributed by atoms with Gasteiger partial charge in [-0.05, 0) is 12.5 Å². The molecule has 1 aromatic carbocycles. The summed E-state index contributed by atoms with van der Waals surface area (Å²) in [6, 6.07) is 2.28. The Hall–Kier alpha value is -2.11. The number of nitro groups is 1. The van der Waals surface area contributed by atoms with Gasteiger partial charge in [0, 0.05) is 12.5 Å². The molecule has 0 aliphatic rings. The van der Waals surface area contributed by atoms with Crippen LogP contribution in [-0.4, -0.2) is 15.8 Å². The second-order valence-electron chi connectivity index (χ2n) is 7.57. The number of nitrogen functional groups attached to an aromatic ring is 1. The average Bonchev–Trinajstić information content (AvgIpc) is 2.65. The Morgan fingerprint density at radius 3 is 1.86 bits per heavy atom. The van der Waals surface area contributed by atoms with Gasteiger partial charge in [0.05, 0.1) is 10.5 Å². The molecule has 0 atom stereocenters. The standard InChI is InChI=1S/C22H36N2O4/c1-2-3-4-5-6-7-8-9-10-11-12-13-14-15-19(25)21-20(26)17-16-18(22(21)23)24(27)28/h16-17,26H,2-15,23H2,1H3. The van der Waals surface area contributed by atoms with Crippen LogP contribution in [0.3, 0.4) is 0 Å². The summed E-state index contributed by atoms with van der Waals surface area (Å²) in [4.78, 5) is 22.6. The lowest BCUT2D eigenvalue weighted by Gasteiger charge is -2.08. The first kappa shape index (κ1) is 23.9. The third-order valence-corrected chi connectivity index (χ3v) is 5.18. The van der Waals surface area contributed by atoms with Gasteiger partial charge in [-0.25, -0.2) is 0 Å². The molecular formula is C22H36N2O4. The van der Waals surface area contributed by atoms with E-state index in [-0.39, 0.29) is 34.9 Å². The predicted molar refractivity (Wildman–Crippen MR) is 114 cm³/mol. The first-order chi connectivity index (χ1) is 13.5. The van der Waals surface area contributed by atoms with Crippen molar-refractivity contribution in [1.29, 1.82) is 0 Å². The number of ketones is 1. The zero-order chi connectivity index (χ0) is 20.8. The Kier molecular flexibility index (Phi) is 11.9. The van der Waals surface area contributed by atoms with E-state index in [1.807, 2.05) is 0 Å². The Balaban J connectivity index is 2.15. The summed E-state index contributed by atoms with van der Waals surface area (Å²) in [7, 11) is 0. The van der Waals surface area contributed by atoms with E-state index in [1.54, 1.807) is 0 Å². The van der Waals surface area contributed by atoms with E-state index in [4.69, 9.17) is 5.73 Å². The van der Waals surface area contributed by atoms with E-state index in [2.05, 4.69) is 6.92 Å². The zero-order valence-corrected chi connectivity index (χ0v) is 17.3. The van der Waals surface area contributed by atoms with Gasteiger partial charge in [-0.15, -0.1) is 0 Å². The molecule has 1 rings (SSSR count). The predicted octanol–water partition coefficient (Wildman–Crippen LogP) is 6.55. The highest BCUT2D eigenvalue weighted by Crippen LogP contribution is 2.33. The Morgan fingerprint density at radius 2 is 1.39 bits per heavy atom. The number of phenols is 1. The number of nitrogens with zero attached hydrogens (tertiary/aromatic N) is 1. The van der Waals surface area contributed by atoms with E-state index >= 15 is 0 Å². The van der Waals surface area contributed by atoms with Crippen molar-refractivity contribution in [2.24, 2.45) is 0 Å². The Bertz CT molecular complexity index is 617. The second kappa shape index (κ2) is 14.0. The maximum Gasteiger partial charge on any atom is 0.293 e. The van der Waals surface area contributed by atoms with Crippen LogP contribution in [0.2, 0.25) is 0 Å². The number of nitro benzene ring substituents is 1. The molecule has 1 aromatic rings. The number of phenolic OH excluding ortho intramolecular Hbond substituents is 1. The molecule has 0 fully saturated rings. The van der Waals surface area contributed by atoms with Crippen molar-refractivity contribution < 1.29 is 14.8 Å². The van der Waals surface area contributed by atoms with Crippen LogP contribution in [0.1, 0.15) is 107 Å². The largest absolute Gasteiger partial charge is 0.507 e. The molecule has 3 N–H and O–H groups in total. The quantitative estimate of drug-likeness (QED) is 0.109. The molecule has 0 aliphatic carbocycles. The van der Waals surface area contributed by atoms with Crippen LogP contribution >= 0.6 is 0 Å². The number of carbonyl (C=O) groups excluding carboxylic acids is 1. The highest BCUT2D eigenvalue weighted by atomic mass is 16.6. The number of anilines is 1. The van der Waals surface area contributed by atoms with Gasteiger partial charge in [0.15, 0.2) is 5.78 Å². The number of aromatic hydroxyl groups is 1. The molecule has 0 amide bonds. The second-order valence-corrected chi connectivity index (χ2v) is 7.57. The van der Waals surface area contributed by atoms with E-state index in [0.717, 1.165) is 25.0 Å². The smallest absolute Gasteiger partial charge is 0.293 e. The summed E-state index contributed by atoms with van der Waals surface area (Å²) in [5.41, 5.74) is 5.00. The van der Waals surface area contributed by atoms with E-state index in [0.29, 0.717) is 6.42 Å². The van der Waals surface area contributed by atoms with Gasteiger partial charge in [-0.3, -0.25) is 14.9 Å². The van der Waals surface area contributed by atoms with Crippen LogP contribution in [0.15, 0.2) is 12.1 Å². The maximum absolute atomic E-state index is 12.3. The normalized spacial score (nSPS) is 10.9. The molecule has 6 nitrogen and oxygen atoms in total. The summed E-state index contributed by atoms with van der Waals surface area (Å²) in [6.45, 7) is 2.24. The molecule has 0 spiro atoms. The summed E-state index contributed by atoms with van der Waals surface area (Å²) in [5, 5.41) is 20.8. The highest BCUT2D eigenvalue weighted by Gasteiger charge is 2.22. The third kappa shape index (κ3) is 8.72. The fourth-order valence-corrected chi connectivity index (χ4v) is 3.48. The van der Waals surface area contributed by atoms with Gasteiger partial charge < -0.3 is 10.8 Å². The number of unbranched alkanes of at least 4 members (excludes halogenated alkanes) is 12. The molecule has 0 saturated heterocycles. The average molecular weight is 393 g/mol. The fraction of sp³-hybridized carbons (Fsp3) is 0.682. The van der Waals surface area contributed by atoms with Crippen molar-refractivity contribution in [3.8, 4) is 5.75 Å². The molecular weight excluding hydrogens is 356 g/mol. The van der Waals surface area contributed by atoms with Crippen molar-refractivity contribution in [3.05, 3.63) is 27.8 Å². The minimum atomic E-state index is -0.642. The molecule has 0 aromatic heterocycles. The van der Waals surface area contributed by atoms with Crippen molar-refractivity contribution in [3.63, 3.8) is 0 Å².